The van der Waals surface area contributed by atoms with Gasteiger partial charge in [-0.2, -0.15) is 0 Å². The molecule has 0 radical (unpaired) electrons. The first-order valence-corrected chi connectivity index (χ1v) is 7.42. The van der Waals surface area contributed by atoms with E-state index < -0.39 is 17.3 Å². The number of hydrogen-bond donors (Lipinski definition) is 0. The third kappa shape index (κ3) is 2.31. The first-order valence-electron chi connectivity index (χ1n) is 7.42. The number of aryl methyl sites for hydroxylation is 1. The van der Waals surface area contributed by atoms with Crippen LogP contribution < -0.4 is 15.3 Å². The van der Waals surface area contributed by atoms with Crippen LogP contribution in [0.15, 0.2) is 45.6 Å². The third-order valence-electron chi connectivity index (χ3n) is 4.17. The Morgan fingerprint density at radius 1 is 1.08 bits per heavy atom. The number of hydrogen-bond acceptors (Lipinski definition) is 4. The molecule has 2 heterocycles. The first-order chi connectivity index (χ1) is 11.5. The van der Waals surface area contributed by atoms with Crippen LogP contribution in [0.25, 0.3) is 11.0 Å². The van der Waals surface area contributed by atoms with Crippen molar-refractivity contribution in [1.29, 1.82) is 0 Å². The fourth-order valence-electron chi connectivity index (χ4n) is 2.94. The molecule has 0 N–H and O–H groups in total. The average Bonchev–Trinajstić information content (AvgIpc) is 2.56. The summed E-state index contributed by atoms with van der Waals surface area (Å²) in [6, 6.07) is 8.79. The number of rotatable bonds is 1. The van der Waals surface area contributed by atoms with Crippen molar-refractivity contribution in [3.8, 4) is 5.75 Å². The summed E-state index contributed by atoms with van der Waals surface area (Å²) in [4.78, 5) is 13.5. The monoisotopic (exact) mass is 329 g/mol. The Morgan fingerprint density at radius 3 is 2.71 bits per heavy atom. The van der Waals surface area contributed by atoms with E-state index in [1.807, 2.05) is 19.1 Å². The van der Waals surface area contributed by atoms with E-state index in [0.717, 1.165) is 23.1 Å². The summed E-state index contributed by atoms with van der Waals surface area (Å²) >= 11 is 0. The van der Waals surface area contributed by atoms with E-state index in [1.54, 1.807) is 4.90 Å². The molecule has 1 aliphatic heterocycles. The van der Waals surface area contributed by atoms with Crippen molar-refractivity contribution in [2.24, 2.45) is 0 Å². The lowest BCUT2D eigenvalue weighted by Gasteiger charge is -2.31. The van der Waals surface area contributed by atoms with Gasteiger partial charge in [0.2, 0.25) is 0 Å². The van der Waals surface area contributed by atoms with Crippen LogP contribution in [0.5, 0.6) is 5.75 Å². The number of benzene rings is 2. The van der Waals surface area contributed by atoms with E-state index in [-0.39, 0.29) is 6.73 Å². The van der Waals surface area contributed by atoms with E-state index in [1.165, 1.54) is 12.1 Å². The smallest absolute Gasteiger partial charge is 0.336 e. The summed E-state index contributed by atoms with van der Waals surface area (Å²) < 4.78 is 37.7. The Bertz CT molecular complexity index is 1010. The maximum absolute atomic E-state index is 13.5. The molecule has 0 aliphatic carbocycles. The quantitative estimate of drug-likeness (QED) is 0.638. The van der Waals surface area contributed by atoms with Crippen molar-refractivity contribution in [1.82, 2.24) is 0 Å². The van der Waals surface area contributed by atoms with Crippen LogP contribution in [-0.4, -0.2) is 6.73 Å². The molecule has 0 saturated heterocycles. The van der Waals surface area contributed by atoms with E-state index in [9.17, 15) is 13.6 Å². The summed E-state index contributed by atoms with van der Waals surface area (Å²) in [7, 11) is 0. The Balaban J connectivity index is 1.82. The molecule has 0 bridgehead atoms. The molecule has 1 aliphatic rings. The molecule has 3 aromatic rings. The Kier molecular flexibility index (Phi) is 3.26. The van der Waals surface area contributed by atoms with Crippen LogP contribution in [0.3, 0.4) is 0 Å². The Morgan fingerprint density at radius 2 is 1.92 bits per heavy atom. The van der Waals surface area contributed by atoms with Crippen molar-refractivity contribution in [2.75, 3.05) is 11.6 Å². The predicted octanol–water partition coefficient (Wildman–Crippen LogP) is 3.74. The van der Waals surface area contributed by atoms with Gasteiger partial charge in [0.25, 0.3) is 0 Å². The van der Waals surface area contributed by atoms with Gasteiger partial charge in [0.15, 0.2) is 18.4 Å². The third-order valence-corrected chi connectivity index (χ3v) is 4.17. The van der Waals surface area contributed by atoms with Crippen LogP contribution in [0.4, 0.5) is 14.5 Å². The predicted molar refractivity (Wildman–Crippen MR) is 85.3 cm³/mol. The second kappa shape index (κ2) is 5.33. The maximum Gasteiger partial charge on any atom is 0.336 e. The SMILES string of the molecule is Cc1cc(=O)oc2c3c(ccc12)OCN(c1ccc(F)c(F)c1)C3. The highest BCUT2D eigenvalue weighted by Gasteiger charge is 2.22. The van der Waals surface area contributed by atoms with Crippen LogP contribution in [0.2, 0.25) is 0 Å². The zero-order valence-electron chi connectivity index (χ0n) is 12.8. The second-order valence-electron chi connectivity index (χ2n) is 5.74. The van der Waals surface area contributed by atoms with Gasteiger partial charge in [-0.15, -0.1) is 0 Å². The van der Waals surface area contributed by atoms with E-state index >= 15 is 0 Å². The number of ether oxygens (including phenoxy) is 1. The van der Waals surface area contributed by atoms with Gasteiger partial charge >= 0.3 is 5.63 Å². The van der Waals surface area contributed by atoms with Crippen LogP contribution in [-0.2, 0) is 6.54 Å². The van der Waals surface area contributed by atoms with Gasteiger partial charge in [-0.05, 0) is 36.8 Å². The van der Waals surface area contributed by atoms with E-state index in [4.69, 9.17) is 9.15 Å². The largest absolute Gasteiger partial charge is 0.473 e. The van der Waals surface area contributed by atoms with Gasteiger partial charge < -0.3 is 14.1 Å². The van der Waals surface area contributed by atoms with Gasteiger partial charge in [-0.1, -0.05) is 0 Å². The van der Waals surface area contributed by atoms with Gasteiger partial charge in [-0.3, -0.25) is 0 Å². The highest BCUT2D eigenvalue weighted by molar-refractivity contribution is 5.85. The van der Waals surface area contributed by atoms with Gasteiger partial charge in [-0.25, -0.2) is 13.6 Å². The fourth-order valence-corrected chi connectivity index (χ4v) is 2.94. The fraction of sp³-hybridized carbons (Fsp3) is 0.167. The molecule has 0 atom stereocenters. The van der Waals surface area contributed by atoms with Gasteiger partial charge in [0.05, 0.1) is 12.1 Å². The molecule has 0 unspecified atom stereocenters. The number of anilines is 1. The topological polar surface area (TPSA) is 42.7 Å². The minimum Gasteiger partial charge on any atom is -0.473 e. The first kappa shape index (κ1) is 14.7. The molecule has 0 spiro atoms. The molecular formula is C18H13F2NO3. The van der Waals surface area contributed by atoms with Crippen LogP contribution >= 0.6 is 0 Å². The highest BCUT2D eigenvalue weighted by atomic mass is 19.2. The molecule has 2 aromatic carbocycles. The molecule has 0 fully saturated rings. The molecule has 122 valence electrons. The van der Waals surface area contributed by atoms with Crippen LogP contribution in [0, 0.1) is 18.6 Å². The van der Waals surface area contributed by atoms with Crippen molar-refractivity contribution in [2.45, 2.75) is 13.5 Å². The van der Waals surface area contributed by atoms with Crippen molar-refractivity contribution in [3.63, 3.8) is 0 Å². The molecule has 4 nitrogen and oxygen atoms in total. The zero-order valence-corrected chi connectivity index (χ0v) is 12.8. The normalized spacial score (nSPS) is 13.7. The molecule has 0 saturated carbocycles. The minimum atomic E-state index is -0.918. The maximum atomic E-state index is 13.5. The molecule has 24 heavy (non-hydrogen) atoms. The second-order valence-corrected chi connectivity index (χ2v) is 5.74. The molecule has 1 aromatic heterocycles. The zero-order chi connectivity index (χ0) is 16.8. The number of halogens is 2. The van der Waals surface area contributed by atoms with Crippen LogP contribution in [0.1, 0.15) is 11.1 Å². The standard InChI is InChI=1S/C18H13F2NO3/c1-10-6-17(22)24-18-12(10)3-5-16-13(18)8-21(9-23-16)11-2-4-14(19)15(20)7-11/h2-7H,8-9H2,1H3. The lowest BCUT2D eigenvalue weighted by atomic mass is 10.0. The number of fused-ring (bicyclic) bond motifs is 3. The summed E-state index contributed by atoms with van der Waals surface area (Å²) in [6.07, 6.45) is 0. The average molecular weight is 329 g/mol. The van der Waals surface area contributed by atoms with Crippen molar-refractivity contribution >= 4 is 16.7 Å². The molecule has 4 rings (SSSR count). The molecular weight excluding hydrogens is 316 g/mol. The van der Waals surface area contributed by atoms with Crippen molar-refractivity contribution < 1.29 is 17.9 Å². The number of nitrogens with zero attached hydrogens (tertiary/aromatic N) is 1. The minimum absolute atomic E-state index is 0.194. The summed E-state index contributed by atoms with van der Waals surface area (Å²) in [5.74, 6) is -1.20. The van der Waals surface area contributed by atoms with Gasteiger partial charge in [0, 0.05) is 23.2 Å². The molecule has 6 heteroatoms. The molecule has 0 amide bonds. The lowest BCUT2D eigenvalue weighted by Crippen LogP contribution is -2.32. The van der Waals surface area contributed by atoms with Gasteiger partial charge in [0.1, 0.15) is 11.3 Å². The lowest BCUT2D eigenvalue weighted by molar-refractivity contribution is 0.289. The van der Waals surface area contributed by atoms with E-state index in [2.05, 4.69) is 0 Å². The summed E-state index contributed by atoms with van der Waals surface area (Å²) in [5, 5.41) is 0.823. The van der Waals surface area contributed by atoms with E-state index in [0.29, 0.717) is 29.1 Å². The Labute approximate surface area is 135 Å². The summed E-state index contributed by atoms with van der Waals surface area (Å²) in [6.45, 7) is 2.40. The highest BCUT2D eigenvalue weighted by Crippen LogP contribution is 2.34. The van der Waals surface area contributed by atoms with Crippen molar-refractivity contribution in [3.05, 3.63) is 69.6 Å². The summed E-state index contributed by atoms with van der Waals surface area (Å²) in [5.41, 5.74) is 2.05. The Hall–Kier alpha value is -2.89.